The molecule has 3 nitrogen and oxygen atoms in total. The van der Waals surface area contributed by atoms with Gasteiger partial charge in [-0.15, -0.1) is 0 Å². The van der Waals surface area contributed by atoms with Crippen LogP contribution in [0.25, 0.3) is 0 Å². The highest BCUT2D eigenvalue weighted by molar-refractivity contribution is 5.13. The molecule has 0 N–H and O–H groups in total. The lowest BCUT2D eigenvalue weighted by molar-refractivity contribution is 0.945. The third kappa shape index (κ3) is 2.13. The molecule has 0 saturated heterocycles. The minimum absolute atomic E-state index is 0.768. The Morgan fingerprint density at radius 1 is 1.00 bits per heavy atom. The van der Waals surface area contributed by atoms with Crippen LogP contribution in [0.5, 0.6) is 0 Å². The summed E-state index contributed by atoms with van der Waals surface area (Å²) in [5.74, 6) is 0.804. The van der Waals surface area contributed by atoms with Gasteiger partial charge in [-0.05, 0) is 25.1 Å². The van der Waals surface area contributed by atoms with Gasteiger partial charge in [0.2, 0.25) is 0 Å². The molecule has 2 heterocycles. The van der Waals surface area contributed by atoms with Crippen molar-refractivity contribution in [1.82, 2.24) is 15.0 Å². The molecule has 0 unspecified atom stereocenters. The van der Waals surface area contributed by atoms with E-state index >= 15 is 0 Å². The zero-order chi connectivity index (χ0) is 9.80. The molecule has 0 aliphatic rings. The minimum Gasteiger partial charge on any atom is -0.261 e. The topological polar surface area (TPSA) is 38.7 Å². The van der Waals surface area contributed by atoms with Crippen molar-refractivity contribution in [3.05, 3.63) is 53.9 Å². The molecule has 2 aromatic rings. The number of pyridine rings is 1. The summed E-state index contributed by atoms with van der Waals surface area (Å²) in [7, 11) is 0. The smallest absolute Gasteiger partial charge is 0.125 e. The first kappa shape index (κ1) is 8.81. The van der Waals surface area contributed by atoms with E-state index in [1.54, 1.807) is 12.4 Å². The van der Waals surface area contributed by atoms with E-state index in [0.29, 0.717) is 0 Å². The van der Waals surface area contributed by atoms with E-state index in [0.717, 1.165) is 23.6 Å². The number of hydrogen-bond acceptors (Lipinski definition) is 3. The highest BCUT2D eigenvalue weighted by Crippen LogP contribution is 2.03. The number of hydrogen-bond donors (Lipinski definition) is 0. The summed E-state index contributed by atoms with van der Waals surface area (Å²) in [6, 6.07) is 7.81. The minimum atomic E-state index is 0.768. The van der Waals surface area contributed by atoms with Crippen molar-refractivity contribution < 1.29 is 0 Å². The largest absolute Gasteiger partial charge is 0.261 e. The van der Waals surface area contributed by atoms with E-state index in [-0.39, 0.29) is 0 Å². The summed E-state index contributed by atoms with van der Waals surface area (Å²) in [6.07, 6.45) is 4.34. The molecule has 2 aromatic heterocycles. The molecule has 0 aliphatic carbocycles. The van der Waals surface area contributed by atoms with E-state index in [4.69, 9.17) is 0 Å². The molecule has 0 aliphatic heterocycles. The van der Waals surface area contributed by atoms with Gasteiger partial charge in [0.1, 0.15) is 5.82 Å². The fraction of sp³-hybridized carbons (Fsp3) is 0.182. The molecule has 2 rings (SSSR count). The summed E-state index contributed by atoms with van der Waals surface area (Å²) in [4.78, 5) is 12.6. The van der Waals surface area contributed by atoms with Gasteiger partial charge in [0.15, 0.2) is 0 Å². The number of rotatable bonds is 2. The van der Waals surface area contributed by atoms with Crippen LogP contribution >= 0.6 is 0 Å². The highest BCUT2D eigenvalue weighted by Gasteiger charge is 1.98. The van der Waals surface area contributed by atoms with Gasteiger partial charge in [-0.3, -0.25) is 4.98 Å². The summed E-state index contributed by atoms with van der Waals surface area (Å²) in [6.45, 7) is 1.89. The van der Waals surface area contributed by atoms with Gasteiger partial charge < -0.3 is 0 Å². The maximum absolute atomic E-state index is 4.32. The van der Waals surface area contributed by atoms with Crippen LogP contribution in [-0.4, -0.2) is 15.0 Å². The van der Waals surface area contributed by atoms with E-state index in [1.807, 2.05) is 31.2 Å². The second-order valence-corrected chi connectivity index (χ2v) is 3.09. The summed E-state index contributed by atoms with van der Waals surface area (Å²) >= 11 is 0. The first-order valence-corrected chi connectivity index (χ1v) is 4.53. The van der Waals surface area contributed by atoms with Gasteiger partial charge >= 0.3 is 0 Å². The molecule has 0 spiro atoms. The SMILES string of the molecule is Cc1nccc(Cc2ccccn2)n1. The van der Waals surface area contributed by atoms with Crippen LogP contribution in [0.3, 0.4) is 0 Å². The van der Waals surface area contributed by atoms with Gasteiger partial charge in [-0.2, -0.15) is 0 Å². The second-order valence-electron chi connectivity index (χ2n) is 3.09. The van der Waals surface area contributed by atoms with Crippen molar-refractivity contribution in [1.29, 1.82) is 0 Å². The Kier molecular flexibility index (Phi) is 2.49. The van der Waals surface area contributed by atoms with Gasteiger partial charge in [0.05, 0.1) is 0 Å². The molecule has 0 radical (unpaired) electrons. The van der Waals surface area contributed by atoms with Crippen LogP contribution < -0.4 is 0 Å². The summed E-state index contributed by atoms with van der Waals surface area (Å²) in [5.41, 5.74) is 2.04. The van der Waals surface area contributed by atoms with Crippen molar-refractivity contribution in [3.63, 3.8) is 0 Å². The van der Waals surface area contributed by atoms with Crippen LogP contribution in [0.4, 0.5) is 0 Å². The van der Waals surface area contributed by atoms with Crippen molar-refractivity contribution in [2.24, 2.45) is 0 Å². The lowest BCUT2D eigenvalue weighted by Crippen LogP contribution is -1.97. The van der Waals surface area contributed by atoms with Gasteiger partial charge in [-0.1, -0.05) is 6.07 Å². The molecular weight excluding hydrogens is 174 g/mol. The maximum Gasteiger partial charge on any atom is 0.125 e. The van der Waals surface area contributed by atoms with Crippen LogP contribution in [0.2, 0.25) is 0 Å². The molecule has 0 saturated carbocycles. The molecule has 14 heavy (non-hydrogen) atoms. The standard InChI is InChI=1S/C11H11N3/c1-9-12-7-5-11(14-9)8-10-4-2-3-6-13-10/h2-7H,8H2,1H3. The molecule has 0 fully saturated rings. The summed E-state index contributed by atoms with van der Waals surface area (Å²) in [5, 5.41) is 0. The molecular formula is C11H11N3. The van der Waals surface area contributed by atoms with Crippen molar-refractivity contribution in [3.8, 4) is 0 Å². The Hall–Kier alpha value is -1.77. The van der Waals surface area contributed by atoms with E-state index in [1.165, 1.54) is 0 Å². The number of aromatic nitrogens is 3. The average Bonchev–Trinajstić information content (AvgIpc) is 2.19. The van der Waals surface area contributed by atoms with Gasteiger partial charge in [0.25, 0.3) is 0 Å². The van der Waals surface area contributed by atoms with Crippen LogP contribution in [-0.2, 0) is 6.42 Å². The molecule has 0 aromatic carbocycles. The zero-order valence-corrected chi connectivity index (χ0v) is 8.01. The number of aryl methyl sites for hydroxylation is 1. The molecule has 70 valence electrons. The third-order valence-corrected chi connectivity index (χ3v) is 1.92. The Morgan fingerprint density at radius 3 is 2.64 bits per heavy atom. The first-order valence-electron chi connectivity index (χ1n) is 4.53. The van der Waals surface area contributed by atoms with E-state index < -0.39 is 0 Å². The predicted octanol–water partition coefficient (Wildman–Crippen LogP) is 1.77. The van der Waals surface area contributed by atoms with Crippen molar-refractivity contribution in [2.75, 3.05) is 0 Å². The normalized spacial score (nSPS) is 10.1. The lowest BCUT2D eigenvalue weighted by Gasteiger charge is -2.00. The Bertz CT molecular complexity index is 412. The highest BCUT2D eigenvalue weighted by atomic mass is 14.9. The van der Waals surface area contributed by atoms with Crippen molar-refractivity contribution in [2.45, 2.75) is 13.3 Å². The van der Waals surface area contributed by atoms with Crippen LogP contribution in [0.1, 0.15) is 17.2 Å². The van der Waals surface area contributed by atoms with Gasteiger partial charge in [0, 0.05) is 30.2 Å². The fourth-order valence-corrected chi connectivity index (χ4v) is 1.29. The van der Waals surface area contributed by atoms with Gasteiger partial charge in [-0.25, -0.2) is 9.97 Å². The quantitative estimate of drug-likeness (QED) is 0.715. The third-order valence-electron chi connectivity index (χ3n) is 1.92. The zero-order valence-electron chi connectivity index (χ0n) is 8.01. The second kappa shape index (κ2) is 3.96. The first-order chi connectivity index (χ1) is 6.84. The Morgan fingerprint density at radius 2 is 1.93 bits per heavy atom. The molecule has 3 heteroatoms. The Balaban J connectivity index is 2.19. The molecule has 0 bridgehead atoms. The van der Waals surface area contributed by atoms with Crippen LogP contribution in [0, 0.1) is 6.92 Å². The lowest BCUT2D eigenvalue weighted by atomic mass is 10.2. The van der Waals surface area contributed by atoms with Crippen LogP contribution in [0.15, 0.2) is 36.7 Å². The van der Waals surface area contributed by atoms with E-state index in [2.05, 4.69) is 15.0 Å². The number of nitrogens with zero attached hydrogens (tertiary/aromatic N) is 3. The molecule has 0 amide bonds. The molecule has 0 atom stereocenters. The fourth-order valence-electron chi connectivity index (χ4n) is 1.29. The van der Waals surface area contributed by atoms with E-state index in [9.17, 15) is 0 Å². The van der Waals surface area contributed by atoms with Crippen molar-refractivity contribution >= 4 is 0 Å². The average molecular weight is 185 g/mol. The Labute approximate surface area is 82.9 Å². The predicted molar refractivity (Wildman–Crippen MR) is 53.8 cm³/mol. The monoisotopic (exact) mass is 185 g/mol. The summed E-state index contributed by atoms with van der Waals surface area (Å²) < 4.78 is 0. The maximum atomic E-state index is 4.32.